The minimum atomic E-state index is 0.271. The highest BCUT2D eigenvalue weighted by Crippen LogP contribution is 2.22. The monoisotopic (exact) mass is 220 g/mol. The minimum Gasteiger partial charge on any atom is -0.473 e. The predicted molar refractivity (Wildman–Crippen MR) is 64.7 cm³/mol. The van der Waals surface area contributed by atoms with Crippen molar-refractivity contribution in [2.24, 2.45) is 0 Å². The van der Waals surface area contributed by atoms with E-state index in [4.69, 9.17) is 4.74 Å². The number of hydrogen-bond donors (Lipinski definition) is 1. The van der Waals surface area contributed by atoms with Gasteiger partial charge in [-0.15, -0.1) is 0 Å². The summed E-state index contributed by atoms with van der Waals surface area (Å²) >= 11 is 0. The van der Waals surface area contributed by atoms with Crippen molar-refractivity contribution in [1.82, 2.24) is 10.3 Å². The molecular weight excluding hydrogens is 200 g/mol. The molecule has 3 nitrogen and oxygen atoms in total. The van der Waals surface area contributed by atoms with Crippen LogP contribution < -0.4 is 10.1 Å². The van der Waals surface area contributed by atoms with Crippen LogP contribution in [-0.2, 0) is 0 Å². The molecule has 1 fully saturated rings. The molecule has 0 amide bonds. The average molecular weight is 220 g/mol. The molecule has 1 aliphatic rings. The van der Waals surface area contributed by atoms with Crippen molar-refractivity contribution >= 4 is 0 Å². The lowest BCUT2D eigenvalue weighted by Crippen LogP contribution is -2.43. The number of pyridine rings is 1. The van der Waals surface area contributed by atoms with Crippen LogP contribution in [0.25, 0.3) is 0 Å². The molecule has 1 aromatic rings. The maximum absolute atomic E-state index is 5.97. The van der Waals surface area contributed by atoms with Crippen LogP contribution in [-0.4, -0.2) is 24.2 Å². The van der Waals surface area contributed by atoms with Gasteiger partial charge in [-0.05, 0) is 44.9 Å². The Balaban J connectivity index is 2.02. The molecule has 0 spiro atoms. The molecule has 1 heterocycles. The maximum atomic E-state index is 5.97. The van der Waals surface area contributed by atoms with Crippen molar-refractivity contribution in [2.75, 3.05) is 7.05 Å². The van der Waals surface area contributed by atoms with Gasteiger partial charge in [0.2, 0.25) is 5.88 Å². The molecule has 88 valence electrons. The van der Waals surface area contributed by atoms with E-state index in [-0.39, 0.29) is 6.10 Å². The number of nitrogens with zero attached hydrogens (tertiary/aromatic N) is 1. The Morgan fingerprint density at radius 2 is 2.19 bits per heavy atom. The second kappa shape index (κ2) is 5.30. The van der Waals surface area contributed by atoms with Crippen LogP contribution in [0.5, 0.6) is 5.88 Å². The number of aryl methyl sites for hydroxylation is 1. The first-order valence-electron chi connectivity index (χ1n) is 6.06. The fourth-order valence-corrected chi connectivity index (χ4v) is 2.30. The molecule has 2 rings (SSSR count). The van der Waals surface area contributed by atoms with Crippen LogP contribution in [0, 0.1) is 6.92 Å². The van der Waals surface area contributed by atoms with Crippen LogP contribution in [0.3, 0.4) is 0 Å². The van der Waals surface area contributed by atoms with Crippen molar-refractivity contribution in [3.05, 3.63) is 23.9 Å². The zero-order valence-corrected chi connectivity index (χ0v) is 10.1. The van der Waals surface area contributed by atoms with Crippen LogP contribution in [0.15, 0.2) is 18.3 Å². The lowest BCUT2D eigenvalue weighted by atomic mass is 9.92. The van der Waals surface area contributed by atoms with Crippen LogP contribution in [0.1, 0.15) is 31.2 Å². The van der Waals surface area contributed by atoms with E-state index in [0.717, 1.165) is 12.3 Å². The van der Waals surface area contributed by atoms with Crippen LogP contribution in [0.2, 0.25) is 0 Å². The Labute approximate surface area is 97.2 Å². The molecule has 0 aromatic carbocycles. The van der Waals surface area contributed by atoms with Gasteiger partial charge in [0.25, 0.3) is 0 Å². The third-order valence-corrected chi connectivity index (χ3v) is 3.24. The van der Waals surface area contributed by atoms with Gasteiger partial charge in [0, 0.05) is 18.3 Å². The molecule has 1 aromatic heterocycles. The Bertz CT molecular complexity index is 340. The van der Waals surface area contributed by atoms with E-state index in [9.17, 15) is 0 Å². The quantitative estimate of drug-likeness (QED) is 0.848. The van der Waals surface area contributed by atoms with E-state index in [1.165, 1.54) is 24.8 Å². The summed E-state index contributed by atoms with van der Waals surface area (Å²) in [6.45, 7) is 2.06. The second-order valence-corrected chi connectivity index (χ2v) is 4.51. The number of likely N-dealkylation sites (N-methyl/N-ethyl adjacent to an activating group) is 1. The normalized spacial score (nSPS) is 25.4. The maximum Gasteiger partial charge on any atom is 0.213 e. The lowest BCUT2D eigenvalue weighted by molar-refractivity contribution is 0.113. The summed E-state index contributed by atoms with van der Waals surface area (Å²) in [4.78, 5) is 4.25. The van der Waals surface area contributed by atoms with E-state index < -0.39 is 0 Å². The fourth-order valence-electron chi connectivity index (χ4n) is 2.30. The molecule has 0 saturated heterocycles. The van der Waals surface area contributed by atoms with Gasteiger partial charge in [-0.25, -0.2) is 4.98 Å². The van der Waals surface area contributed by atoms with Gasteiger partial charge in [-0.3, -0.25) is 0 Å². The van der Waals surface area contributed by atoms with Crippen LogP contribution in [0.4, 0.5) is 0 Å². The largest absolute Gasteiger partial charge is 0.473 e. The number of ether oxygens (including phenoxy) is 1. The molecule has 2 atom stereocenters. The van der Waals surface area contributed by atoms with Crippen LogP contribution >= 0.6 is 0 Å². The number of aromatic nitrogens is 1. The molecule has 0 radical (unpaired) electrons. The Kier molecular flexibility index (Phi) is 3.78. The molecule has 1 saturated carbocycles. The Morgan fingerprint density at radius 1 is 1.38 bits per heavy atom. The van der Waals surface area contributed by atoms with Gasteiger partial charge in [-0.2, -0.15) is 0 Å². The molecule has 16 heavy (non-hydrogen) atoms. The molecule has 1 aliphatic carbocycles. The summed E-state index contributed by atoms with van der Waals surface area (Å²) < 4.78 is 5.97. The highest BCUT2D eigenvalue weighted by atomic mass is 16.5. The van der Waals surface area contributed by atoms with E-state index in [2.05, 4.69) is 17.2 Å². The van der Waals surface area contributed by atoms with E-state index >= 15 is 0 Å². The van der Waals surface area contributed by atoms with Crippen molar-refractivity contribution < 1.29 is 4.74 Å². The summed E-state index contributed by atoms with van der Waals surface area (Å²) in [5.74, 6) is 0.757. The van der Waals surface area contributed by atoms with E-state index in [1.807, 2.05) is 25.4 Å². The first-order chi connectivity index (χ1) is 7.79. The SMILES string of the molecule is CNC1CCCCC1Oc1cc(C)ccn1. The topological polar surface area (TPSA) is 34.1 Å². The summed E-state index contributed by atoms with van der Waals surface area (Å²) in [6.07, 6.45) is 6.96. The molecule has 2 unspecified atom stereocenters. The summed E-state index contributed by atoms with van der Waals surface area (Å²) in [7, 11) is 2.01. The van der Waals surface area contributed by atoms with Crippen molar-refractivity contribution in [1.29, 1.82) is 0 Å². The third-order valence-electron chi connectivity index (χ3n) is 3.24. The molecule has 0 bridgehead atoms. The Morgan fingerprint density at radius 3 is 2.94 bits per heavy atom. The van der Waals surface area contributed by atoms with Crippen molar-refractivity contribution in [2.45, 2.75) is 44.8 Å². The van der Waals surface area contributed by atoms with Gasteiger partial charge < -0.3 is 10.1 Å². The highest BCUT2D eigenvalue weighted by Gasteiger charge is 2.25. The number of nitrogens with one attached hydrogen (secondary N) is 1. The minimum absolute atomic E-state index is 0.271. The molecule has 3 heteroatoms. The number of hydrogen-bond acceptors (Lipinski definition) is 3. The van der Waals surface area contributed by atoms with Crippen molar-refractivity contribution in [3.8, 4) is 5.88 Å². The average Bonchev–Trinajstić information content (AvgIpc) is 2.30. The van der Waals surface area contributed by atoms with Gasteiger partial charge >= 0.3 is 0 Å². The Hall–Kier alpha value is -1.09. The van der Waals surface area contributed by atoms with Gasteiger partial charge in [-0.1, -0.05) is 6.42 Å². The van der Waals surface area contributed by atoms with E-state index in [0.29, 0.717) is 6.04 Å². The zero-order chi connectivity index (χ0) is 11.4. The zero-order valence-electron chi connectivity index (χ0n) is 10.1. The van der Waals surface area contributed by atoms with Crippen molar-refractivity contribution in [3.63, 3.8) is 0 Å². The van der Waals surface area contributed by atoms with Gasteiger partial charge in [0.15, 0.2) is 0 Å². The molecule has 1 N–H and O–H groups in total. The highest BCUT2D eigenvalue weighted by molar-refractivity contribution is 5.19. The summed E-state index contributed by atoms with van der Waals surface area (Å²) in [5.41, 5.74) is 1.20. The summed E-state index contributed by atoms with van der Waals surface area (Å²) in [6, 6.07) is 4.46. The number of rotatable bonds is 3. The second-order valence-electron chi connectivity index (χ2n) is 4.51. The fraction of sp³-hybridized carbons (Fsp3) is 0.615. The van der Waals surface area contributed by atoms with Gasteiger partial charge in [0.1, 0.15) is 6.10 Å². The standard InChI is InChI=1S/C13H20N2O/c1-10-7-8-15-13(9-10)16-12-6-4-3-5-11(12)14-2/h7-9,11-12,14H,3-6H2,1-2H3. The molecular formula is C13H20N2O. The first-order valence-corrected chi connectivity index (χ1v) is 6.06. The van der Waals surface area contributed by atoms with E-state index in [1.54, 1.807) is 0 Å². The molecule has 0 aliphatic heterocycles. The summed E-state index contributed by atoms with van der Waals surface area (Å²) in [5, 5.41) is 3.34. The first kappa shape index (κ1) is 11.4. The van der Waals surface area contributed by atoms with Gasteiger partial charge in [0.05, 0.1) is 0 Å². The lowest BCUT2D eigenvalue weighted by Gasteiger charge is -2.31. The predicted octanol–water partition coefficient (Wildman–Crippen LogP) is 2.30. The third kappa shape index (κ3) is 2.73. The smallest absolute Gasteiger partial charge is 0.213 e.